The van der Waals surface area contributed by atoms with E-state index in [1.54, 1.807) is 25.6 Å². The first kappa shape index (κ1) is 17.5. The molecule has 0 amide bonds. The molecule has 0 aliphatic heterocycles. The van der Waals surface area contributed by atoms with Gasteiger partial charge in [0.25, 0.3) is 0 Å². The zero-order valence-corrected chi connectivity index (χ0v) is 14.4. The Morgan fingerprint density at radius 2 is 1.75 bits per heavy atom. The smallest absolute Gasteiger partial charge is 0.153 e. The van der Waals surface area contributed by atoms with Gasteiger partial charge < -0.3 is 5.32 Å². The van der Waals surface area contributed by atoms with E-state index >= 15 is 0 Å². The van der Waals surface area contributed by atoms with Gasteiger partial charge in [-0.1, -0.05) is 19.1 Å². The van der Waals surface area contributed by atoms with Crippen LogP contribution < -0.4 is 5.32 Å². The van der Waals surface area contributed by atoms with E-state index in [1.165, 1.54) is 5.56 Å². The molecule has 0 radical (unpaired) electrons. The van der Waals surface area contributed by atoms with Crippen LogP contribution in [0, 0.1) is 0 Å². The van der Waals surface area contributed by atoms with Crippen molar-refractivity contribution in [3.8, 4) is 0 Å². The van der Waals surface area contributed by atoms with E-state index in [1.807, 2.05) is 0 Å². The minimum absolute atomic E-state index is 0.241. The van der Waals surface area contributed by atoms with Crippen LogP contribution in [0.3, 0.4) is 0 Å². The number of hydrogen-bond donors (Lipinski definition) is 1. The fourth-order valence-corrected chi connectivity index (χ4v) is 4.09. The van der Waals surface area contributed by atoms with Crippen LogP contribution >= 0.6 is 11.8 Å². The molecule has 1 unspecified atom stereocenters. The summed E-state index contributed by atoms with van der Waals surface area (Å²) in [5, 5.41) is 3.08. The average Bonchev–Trinajstić information content (AvgIpc) is 2.39. The lowest BCUT2D eigenvalue weighted by Crippen LogP contribution is -2.19. The maximum Gasteiger partial charge on any atom is 0.153 e. The largest absolute Gasteiger partial charge is 0.310 e. The Morgan fingerprint density at radius 1 is 1.15 bits per heavy atom. The first-order valence-electron chi connectivity index (χ1n) is 7.04. The van der Waals surface area contributed by atoms with E-state index in [4.69, 9.17) is 0 Å². The minimum atomic E-state index is -2.93. The molecule has 0 aliphatic rings. The van der Waals surface area contributed by atoms with Gasteiger partial charge in [0.2, 0.25) is 0 Å². The molecule has 1 N–H and O–H groups in total. The second kappa shape index (κ2) is 8.05. The summed E-state index contributed by atoms with van der Waals surface area (Å²) in [4.78, 5) is 1.12. The van der Waals surface area contributed by atoms with Gasteiger partial charge in [-0.2, -0.15) is 0 Å². The Balaban J connectivity index is 2.50. The average molecular weight is 316 g/mol. The summed E-state index contributed by atoms with van der Waals surface area (Å²) in [5.74, 6) is 0.855. The Labute approximate surface area is 127 Å². The SMILES string of the molecule is CCNC(C)c1ccc(SCCS(=O)(=O)C(C)C)cc1. The number of hydrogen-bond acceptors (Lipinski definition) is 4. The standard InChI is InChI=1S/C15H25NO2S2/c1-5-16-13(4)14-6-8-15(9-7-14)19-10-11-20(17,18)12(2)3/h6-9,12-13,16H,5,10-11H2,1-4H3. The quantitative estimate of drug-likeness (QED) is 0.748. The van der Waals surface area contributed by atoms with Crippen molar-refractivity contribution < 1.29 is 8.42 Å². The molecule has 0 saturated carbocycles. The van der Waals surface area contributed by atoms with Gasteiger partial charge >= 0.3 is 0 Å². The molecule has 0 saturated heterocycles. The molecule has 1 aromatic carbocycles. The summed E-state index contributed by atoms with van der Waals surface area (Å²) in [6.07, 6.45) is 0. The van der Waals surface area contributed by atoms with Crippen molar-refractivity contribution >= 4 is 21.6 Å². The number of rotatable bonds is 8. The van der Waals surface area contributed by atoms with Gasteiger partial charge in [0.15, 0.2) is 9.84 Å². The van der Waals surface area contributed by atoms with Crippen LogP contribution in [0.2, 0.25) is 0 Å². The van der Waals surface area contributed by atoms with Crippen LogP contribution in [0.15, 0.2) is 29.2 Å². The summed E-state index contributed by atoms with van der Waals surface area (Å²) < 4.78 is 23.4. The lowest BCUT2D eigenvalue weighted by molar-refractivity contribution is 0.589. The molecule has 1 rings (SSSR count). The van der Waals surface area contributed by atoms with Crippen molar-refractivity contribution in [2.45, 2.75) is 43.9 Å². The topological polar surface area (TPSA) is 46.2 Å². The number of nitrogens with one attached hydrogen (secondary N) is 1. The normalized spacial score (nSPS) is 13.7. The van der Waals surface area contributed by atoms with Crippen LogP contribution in [0.25, 0.3) is 0 Å². The van der Waals surface area contributed by atoms with Crippen molar-refractivity contribution in [2.24, 2.45) is 0 Å². The maximum atomic E-state index is 11.7. The highest BCUT2D eigenvalue weighted by Gasteiger charge is 2.15. The lowest BCUT2D eigenvalue weighted by Gasteiger charge is -2.13. The van der Waals surface area contributed by atoms with Gasteiger partial charge in [-0.3, -0.25) is 0 Å². The van der Waals surface area contributed by atoms with Crippen molar-refractivity contribution in [3.63, 3.8) is 0 Å². The van der Waals surface area contributed by atoms with Gasteiger partial charge in [-0.15, -0.1) is 11.8 Å². The lowest BCUT2D eigenvalue weighted by atomic mass is 10.1. The third-order valence-electron chi connectivity index (χ3n) is 3.25. The zero-order chi connectivity index (χ0) is 15.2. The first-order chi connectivity index (χ1) is 9.36. The zero-order valence-electron chi connectivity index (χ0n) is 12.7. The van der Waals surface area contributed by atoms with E-state index in [0.29, 0.717) is 11.8 Å². The van der Waals surface area contributed by atoms with Gasteiger partial charge in [-0.25, -0.2) is 8.42 Å². The molecule has 1 atom stereocenters. The predicted molar refractivity (Wildman–Crippen MR) is 88.2 cm³/mol. The van der Waals surface area contributed by atoms with E-state index in [0.717, 1.165) is 11.4 Å². The Hall–Kier alpha value is -0.520. The number of sulfone groups is 1. The van der Waals surface area contributed by atoms with Crippen molar-refractivity contribution in [1.82, 2.24) is 5.32 Å². The molecule has 0 bridgehead atoms. The molecule has 5 heteroatoms. The molecule has 0 aliphatic carbocycles. The second-order valence-electron chi connectivity index (χ2n) is 5.11. The monoisotopic (exact) mass is 315 g/mol. The summed E-state index contributed by atoms with van der Waals surface area (Å²) >= 11 is 1.60. The molecule has 3 nitrogen and oxygen atoms in total. The highest BCUT2D eigenvalue weighted by molar-refractivity contribution is 8.00. The van der Waals surface area contributed by atoms with E-state index in [2.05, 4.69) is 43.4 Å². The van der Waals surface area contributed by atoms with Crippen LogP contribution in [0.1, 0.15) is 39.3 Å². The second-order valence-corrected chi connectivity index (χ2v) is 8.96. The number of benzene rings is 1. The third-order valence-corrected chi connectivity index (χ3v) is 6.73. The summed E-state index contributed by atoms with van der Waals surface area (Å²) in [6, 6.07) is 8.69. The molecule has 1 aromatic rings. The molecule has 0 fully saturated rings. The summed E-state index contributed by atoms with van der Waals surface area (Å²) in [6.45, 7) is 8.65. The van der Waals surface area contributed by atoms with Crippen molar-refractivity contribution in [1.29, 1.82) is 0 Å². The predicted octanol–water partition coefficient (Wildman–Crippen LogP) is 3.27. The Kier molecular flexibility index (Phi) is 7.06. The molecule has 20 heavy (non-hydrogen) atoms. The van der Waals surface area contributed by atoms with Gasteiger partial charge in [0.1, 0.15) is 0 Å². The van der Waals surface area contributed by atoms with E-state index in [9.17, 15) is 8.42 Å². The molecule has 0 heterocycles. The Morgan fingerprint density at radius 3 is 2.25 bits per heavy atom. The fraction of sp³-hybridized carbons (Fsp3) is 0.600. The third kappa shape index (κ3) is 5.46. The highest BCUT2D eigenvalue weighted by Crippen LogP contribution is 2.21. The Bertz CT molecular complexity index is 495. The van der Waals surface area contributed by atoms with Crippen LogP contribution in [-0.2, 0) is 9.84 Å². The van der Waals surface area contributed by atoms with Gasteiger partial charge in [-0.05, 0) is 45.0 Å². The van der Waals surface area contributed by atoms with Gasteiger partial charge in [0, 0.05) is 16.7 Å². The van der Waals surface area contributed by atoms with Gasteiger partial charge in [0.05, 0.1) is 11.0 Å². The van der Waals surface area contributed by atoms with Crippen LogP contribution in [-0.4, -0.2) is 31.7 Å². The highest BCUT2D eigenvalue weighted by atomic mass is 32.2. The molecular weight excluding hydrogens is 290 g/mol. The van der Waals surface area contributed by atoms with E-state index in [-0.39, 0.29) is 11.0 Å². The maximum absolute atomic E-state index is 11.7. The van der Waals surface area contributed by atoms with Crippen LogP contribution in [0.4, 0.5) is 0 Å². The summed E-state index contributed by atoms with van der Waals surface area (Å²) in [7, 11) is -2.93. The minimum Gasteiger partial charge on any atom is -0.310 e. The molecular formula is C15H25NO2S2. The van der Waals surface area contributed by atoms with Crippen molar-refractivity contribution in [2.75, 3.05) is 18.1 Å². The molecule has 0 aromatic heterocycles. The first-order valence-corrected chi connectivity index (χ1v) is 9.74. The van der Waals surface area contributed by atoms with E-state index < -0.39 is 9.84 Å². The number of thioether (sulfide) groups is 1. The molecule has 0 spiro atoms. The fourth-order valence-electron chi connectivity index (χ4n) is 1.79. The molecule has 114 valence electrons. The van der Waals surface area contributed by atoms with Crippen LogP contribution in [0.5, 0.6) is 0 Å². The summed E-state index contributed by atoms with van der Waals surface area (Å²) in [5.41, 5.74) is 1.26. The van der Waals surface area contributed by atoms with Crippen molar-refractivity contribution in [3.05, 3.63) is 29.8 Å².